The van der Waals surface area contributed by atoms with E-state index in [9.17, 15) is 13.2 Å². The van der Waals surface area contributed by atoms with Gasteiger partial charge in [0.1, 0.15) is 0 Å². The van der Waals surface area contributed by atoms with E-state index in [-0.39, 0.29) is 23.5 Å². The van der Waals surface area contributed by atoms with Crippen molar-refractivity contribution in [2.75, 3.05) is 16.8 Å². The van der Waals surface area contributed by atoms with Gasteiger partial charge in [-0.2, -0.15) is 5.10 Å². The first kappa shape index (κ1) is 19.3. The second-order valence-corrected chi connectivity index (χ2v) is 9.40. The SMILES string of the molecule is Cc1nn(C2CCS(=O)(=O)C2)c(C)c1NC(=O)c1cccc(-c2cnccn2)c1. The van der Waals surface area contributed by atoms with Gasteiger partial charge in [0.25, 0.3) is 5.91 Å². The Bertz CT molecular complexity index is 1170. The van der Waals surface area contributed by atoms with Crippen molar-refractivity contribution in [1.29, 1.82) is 0 Å². The summed E-state index contributed by atoms with van der Waals surface area (Å²) in [4.78, 5) is 21.2. The Morgan fingerprint density at radius 3 is 2.76 bits per heavy atom. The Hall–Kier alpha value is -3.07. The van der Waals surface area contributed by atoms with E-state index in [2.05, 4.69) is 20.4 Å². The second kappa shape index (κ2) is 7.40. The van der Waals surface area contributed by atoms with E-state index in [4.69, 9.17) is 0 Å². The van der Waals surface area contributed by atoms with Crippen LogP contribution in [0.3, 0.4) is 0 Å². The molecule has 9 heteroatoms. The Morgan fingerprint density at radius 2 is 2.07 bits per heavy atom. The highest BCUT2D eigenvalue weighted by molar-refractivity contribution is 7.91. The van der Waals surface area contributed by atoms with Crippen molar-refractivity contribution in [3.8, 4) is 11.3 Å². The molecule has 0 bridgehead atoms. The molecule has 0 aliphatic carbocycles. The van der Waals surface area contributed by atoms with Crippen molar-refractivity contribution >= 4 is 21.4 Å². The number of rotatable bonds is 4. The molecular formula is C20H21N5O3S. The number of benzene rings is 1. The quantitative estimate of drug-likeness (QED) is 0.707. The molecular weight excluding hydrogens is 390 g/mol. The highest BCUT2D eigenvalue weighted by Crippen LogP contribution is 2.29. The summed E-state index contributed by atoms with van der Waals surface area (Å²) in [6.45, 7) is 3.65. The van der Waals surface area contributed by atoms with Crippen LogP contribution in [0, 0.1) is 13.8 Å². The number of aryl methyl sites for hydroxylation is 1. The molecule has 1 fully saturated rings. The van der Waals surface area contributed by atoms with E-state index < -0.39 is 9.84 Å². The topological polar surface area (TPSA) is 107 Å². The van der Waals surface area contributed by atoms with E-state index in [0.717, 1.165) is 11.3 Å². The van der Waals surface area contributed by atoms with Crippen LogP contribution in [0.1, 0.15) is 34.2 Å². The monoisotopic (exact) mass is 411 g/mol. The molecule has 3 heterocycles. The number of hydrogen-bond donors (Lipinski definition) is 1. The first-order valence-corrected chi connectivity index (χ1v) is 11.1. The van der Waals surface area contributed by atoms with Crippen LogP contribution in [0.4, 0.5) is 5.69 Å². The van der Waals surface area contributed by atoms with Gasteiger partial charge in [0.15, 0.2) is 9.84 Å². The summed E-state index contributed by atoms with van der Waals surface area (Å²) in [5.74, 6) is -0.00409. The third kappa shape index (κ3) is 3.91. The lowest BCUT2D eigenvalue weighted by Crippen LogP contribution is -2.15. The van der Waals surface area contributed by atoms with Crippen LogP contribution in [-0.4, -0.2) is 45.6 Å². The molecule has 0 saturated carbocycles. The van der Waals surface area contributed by atoms with Crippen molar-refractivity contribution in [2.45, 2.75) is 26.3 Å². The summed E-state index contributed by atoms with van der Waals surface area (Å²) in [5, 5.41) is 7.42. The van der Waals surface area contributed by atoms with Gasteiger partial charge in [-0.25, -0.2) is 8.42 Å². The summed E-state index contributed by atoms with van der Waals surface area (Å²) in [6.07, 6.45) is 5.38. The molecule has 1 unspecified atom stereocenters. The van der Waals surface area contributed by atoms with Crippen molar-refractivity contribution in [3.63, 3.8) is 0 Å². The van der Waals surface area contributed by atoms with Gasteiger partial charge in [-0.3, -0.25) is 19.4 Å². The molecule has 2 aromatic heterocycles. The number of nitrogens with one attached hydrogen (secondary N) is 1. The van der Waals surface area contributed by atoms with Crippen LogP contribution >= 0.6 is 0 Å². The van der Waals surface area contributed by atoms with Crippen LogP contribution in [0.5, 0.6) is 0 Å². The maximum absolute atomic E-state index is 12.9. The largest absolute Gasteiger partial charge is 0.319 e. The Kier molecular flexibility index (Phi) is 4.91. The van der Waals surface area contributed by atoms with Crippen molar-refractivity contribution in [1.82, 2.24) is 19.7 Å². The van der Waals surface area contributed by atoms with Gasteiger partial charge in [0, 0.05) is 23.5 Å². The van der Waals surface area contributed by atoms with Crippen LogP contribution < -0.4 is 5.32 Å². The van der Waals surface area contributed by atoms with E-state index in [1.807, 2.05) is 13.0 Å². The smallest absolute Gasteiger partial charge is 0.255 e. The predicted octanol–water partition coefficient (Wildman–Crippen LogP) is 2.57. The summed E-state index contributed by atoms with van der Waals surface area (Å²) >= 11 is 0. The van der Waals surface area contributed by atoms with E-state index in [0.29, 0.717) is 29.1 Å². The lowest BCUT2D eigenvalue weighted by molar-refractivity contribution is 0.102. The zero-order chi connectivity index (χ0) is 20.6. The van der Waals surface area contributed by atoms with Crippen LogP contribution in [0.25, 0.3) is 11.3 Å². The third-order valence-corrected chi connectivity index (χ3v) is 6.85. The summed E-state index contributed by atoms with van der Waals surface area (Å²) in [6, 6.07) is 6.97. The Labute approximate surface area is 168 Å². The fourth-order valence-corrected chi connectivity index (χ4v) is 5.31. The molecule has 0 radical (unpaired) electrons. The minimum Gasteiger partial charge on any atom is -0.319 e. The number of anilines is 1. The Balaban J connectivity index is 1.58. The number of hydrogen-bond acceptors (Lipinski definition) is 6. The highest BCUT2D eigenvalue weighted by Gasteiger charge is 2.31. The number of sulfone groups is 1. The average Bonchev–Trinajstić information content (AvgIpc) is 3.22. The van der Waals surface area contributed by atoms with Gasteiger partial charge < -0.3 is 5.32 Å². The number of aromatic nitrogens is 4. The molecule has 8 nitrogen and oxygen atoms in total. The molecule has 1 amide bonds. The number of amides is 1. The predicted molar refractivity (Wildman–Crippen MR) is 109 cm³/mol. The van der Waals surface area contributed by atoms with Gasteiger partial charge >= 0.3 is 0 Å². The van der Waals surface area contributed by atoms with Crippen molar-refractivity contribution in [2.24, 2.45) is 0 Å². The van der Waals surface area contributed by atoms with Gasteiger partial charge in [0.2, 0.25) is 0 Å². The first-order valence-electron chi connectivity index (χ1n) is 9.28. The molecule has 1 aromatic carbocycles. The van der Waals surface area contributed by atoms with E-state index in [1.54, 1.807) is 48.4 Å². The van der Waals surface area contributed by atoms with Crippen LogP contribution in [-0.2, 0) is 9.84 Å². The molecule has 1 atom stereocenters. The number of carbonyl (C=O) groups excluding carboxylic acids is 1. The van der Waals surface area contributed by atoms with Gasteiger partial charge in [-0.15, -0.1) is 0 Å². The lowest BCUT2D eigenvalue weighted by Gasteiger charge is -2.12. The molecule has 0 spiro atoms. The third-order valence-electron chi connectivity index (χ3n) is 5.10. The molecule has 29 heavy (non-hydrogen) atoms. The molecule has 1 N–H and O–H groups in total. The van der Waals surface area contributed by atoms with Crippen LogP contribution in [0.2, 0.25) is 0 Å². The number of carbonyl (C=O) groups is 1. The van der Waals surface area contributed by atoms with E-state index >= 15 is 0 Å². The second-order valence-electron chi connectivity index (χ2n) is 7.17. The van der Waals surface area contributed by atoms with E-state index in [1.165, 1.54) is 0 Å². The average molecular weight is 411 g/mol. The summed E-state index contributed by atoms with van der Waals surface area (Å²) in [5.41, 5.74) is 4.00. The zero-order valence-electron chi connectivity index (χ0n) is 16.2. The molecule has 1 saturated heterocycles. The molecule has 1 aliphatic rings. The summed E-state index contributed by atoms with van der Waals surface area (Å²) < 4.78 is 25.3. The maximum atomic E-state index is 12.9. The van der Waals surface area contributed by atoms with Gasteiger partial charge in [-0.05, 0) is 32.4 Å². The minimum atomic E-state index is -3.02. The fraction of sp³-hybridized carbons (Fsp3) is 0.300. The van der Waals surface area contributed by atoms with Crippen molar-refractivity contribution in [3.05, 3.63) is 59.8 Å². The number of nitrogens with zero attached hydrogens (tertiary/aromatic N) is 4. The highest BCUT2D eigenvalue weighted by atomic mass is 32.2. The maximum Gasteiger partial charge on any atom is 0.255 e. The molecule has 1 aliphatic heterocycles. The zero-order valence-corrected chi connectivity index (χ0v) is 17.0. The van der Waals surface area contributed by atoms with Gasteiger partial charge in [0.05, 0.1) is 46.5 Å². The van der Waals surface area contributed by atoms with Crippen molar-refractivity contribution < 1.29 is 13.2 Å². The molecule has 3 aromatic rings. The lowest BCUT2D eigenvalue weighted by atomic mass is 10.1. The molecule has 150 valence electrons. The normalized spacial score (nSPS) is 17.9. The van der Waals surface area contributed by atoms with Crippen LogP contribution in [0.15, 0.2) is 42.9 Å². The standard InChI is InChI=1S/C20H21N5O3S/c1-13-19(14(2)25(24-13)17-6-9-29(27,28)12-17)23-20(26)16-5-3-4-15(10-16)18-11-21-7-8-22-18/h3-5,7-8,10-11,17H,6,9,12H2,1-2H3,(H,23,26). The fourth-order valence-electron chi connectivity index (χ4n) is 3.62. The minimum absolute atomic E-state index is 0.0858. The summed E-state index contributed by atoms with van der Waals surface area (Å²) in [7, 11) is -3.02. The Morgan fingerprint density at radius 1 is 1.24 bits per heavy atom. The first-order chi connectivity index (χ1) is 13.8. The van der Waals surface area contributed by atoms with Gasteiger partial charge in [-0.1, -0.05) is 12.1 Å². The molecule has 4 rings (SSSR count).